The van der Waals surface area contributed by atoms with Gasteiger partial charge in [0.05, 0.1) is 22.9 Å². The van der Waals surface area contributed by atoms with Gasteiger partial charge < -0.3 is 10.0 Å². The molecule has 39 heavy (non-hydrogen) atoms. The lowest BCUT2D eigenvalue weighted by Crippen LogP contribution is -2.26. The largest absolute Gasteiger partial charge is 0.478 e. The Morgan fingerprint density at radius 2 is 1.72 bits per heavy atom. The van der Waals surface area contributed by atoms with Crippen molar-refractivity contribution >= 4 is 40.1 Å². The summed E-state index contributed by atoms with van der Waals surface area (Å²) in [5.41, 5.74) is 11.0. The highest BCUT2D eigenvalue weighted by molar-refractivity contribution is 7.00. The highest BCUT2D eigenvalue weighted by Gasteiger charge is 2.42. The maximum Gasteiger partial charge on any atom is 0.335 e. The summed E-state index contributed by atoms with van der Waals surface area (Å²) in [6, 6.07) is 27.0. The molecule has 1 aliphatic heterocycles. The Hall–Kier alpha value is -4.47. The molecule has 4 aromatic carbocycles. The van der Waals surface area contributed by atoms with Crippen molar-refractivity contribution in [3.05, 3.63) is 107 Å². The molecule has 1 fully saturated rings. The summed E-state index contributed by atoms with van der Waals surface area (Å²) in [5, 5.41) is 9.12. The van der Waals surface area contributed by atoms with Crippen molar-refractivity contribution in [3.63, 3.8) is 0 Å². The molecule has 0 radical (unpaired) electrons. The van der Waals surface area contributed by atoms with Crippen LogP contribution < -0.4 is 4.90 Å². The molecule has 7 rings (SSSR count). The molecule has 2 atom stereocenters. The molecule has 0 amide bonds. The van der Waals surface area contributed by atoms with Crippen molar-refractivity contribution in [2.45, 2.75) is 38.1 Å². The van der Waals surface area contributed by atoms with Crippen molar-refractivity contribution in [1.82, 2.24) is 8.75 Å². The number of nitrogens with zero attached hydrogens (tertiary/aromatic N) is 3. The molecule has 5 aromatic rings. The lowest BCUT2D eigenvalue weighted by atomic mass is 9.93. The first kappa shape index (κ1) is 23.6. The third kappa shape index (κ3) is 4.07. The quantitative estimate of drug-likeness (QED) is 0.245. The van der Waals surface area contributed by atoms with E-state index < -0.39 is 5.97 Å². The lowest BCUT2D eigenvalue weighted by Gasteiger charge is -2.27. The van der Waals surface area contributed by atoms with E-state index in [0.717, 1.165) is 33.3 Å². The van der Waals surface area contributed by atoms with Crippen molar-refractivity contribution in [2.24, 2.45) is 0 Å². The first-order valence-corrected chi connectivity index (χ1v) is 13.9. The summed E-state index contributed by atoms with van der Waals surface area (Å²) in [5.74, 6) is 5.96. The predicted molar refractivity (Wildman–Crippen MR) is 156 cm³/mol. The fourth-order valence-corrected chi connectivity index (χ4v) is 6.68. The average Bonchev–Trinajstić information content (AvgIpc) is 3.69. The van der Waals surface area contributed by atoms with Gasteiger partial charge in [0.15, 0.2) is 0 Å². The van der Waals surface area contributed by atoms with E-state index in [4.69, 9.17) is 5.11 Å². The SMILES string of the molecule is Cc1ccc(N2c3ccc(-c4ccc(C#Cc5ccc(C(=O)O)cc5)c5nsnc45)cc3C3CCCC32)cc1. The number of aromatic nitrogens is 2. The molecule has 5 nitrogen and oxygen atoms in total. The summed E-state index contributed by atoms with van der Waals surface area (Å²) in [4.78, 5) is 13.7. The second-order valence-corrected chi connectivity index (χ2v) is 10.9. The number of hydrogen-bond acceptors (Lipinski definition) is 5. The third-order valence-electron chi connectivity index (χ3n) is 8.01. The molecule has 190 valence electrons. The molecule has 1 saturated carbocycles. The fraction of sp³-hybridized carbons (Fsp3) is 0.182. The number of fused-ring (bicyclic) bond motifs is 4. The van der Waals surface area contributed by atoms with Crippen LogP contribution in [0, 0.1) is 18.8 Å². The Labute approximate surface area is 231 Å². The Bertz CT molecular complexity index is 1800. The van der Waals surface area contributed by atoms with Gasteiger partial charge in [-0.05, 0) is 85.5 Å². The van der Waals surface area contributed by atoms with Gasteiger partial charge in [0, 0.05) is 34.5 Å². The van der Waals surface area contributed by atoms with Gasteiger partial charge >= 0.3 is 5.97 Å². The standard InChI is InChI=1S/C33H25N3O2S/c1-20-5-15-25(16-6-20)36-29-4-2-3-27(29)28-19-24(14-18-30(28)36)26-17-13-22(31-32(26)35-39-34-31)10-7-21-8-11-23(12-9-21)33(37)38/h5-6,8-9,11-19,27,29H,2-4H2,1H3,(H,37,38). The van der Waals surface area contributed by atoms with Crippen LogP contribution in [0.1, 0.15) is 57.8 Å². The fourth-order valence-electron chi connectivity index (χ4n) is 6.10. The van der Waals surface area contributed by atoms with Gasteiger partial charge in [-0.3, -0.25) is 0 Å². The Morgan fingerprint density at radius 3 is 2.51 bits per heavy atom. The van der Waals surface area contributed by atoms with E-state index in [2.05, 4.69) is 80.9 Å². The molecule has 1 N–H and O–H groups in total. The van der Waals surface area contributed by atoms with E-state index in [1.807, 2.05) is 6.07 Å². The molecule has 0 saturated heterocycles. The summed E-state index contributed by atoms with van der Waals surface area (Å²) in [7, 11) is 0. The van der Waals surface area contributed by atoms with Gasteiger partial charge in [-0.1, -0.05) is 48.1 Å². The minimum absolute atomic E-state index is 0.247. The van der Waals surface area contributed by atoms with E-state index in [9.17, 15) is 4.79 Å². The first-order chi connectivity index (χ1) is 19.1. The van der Waals surface area contributed by atoms with E-state index >= 15 is 0 Å². The third-order valence-corrected chi connectivity index (χ3v) is 8.54. The molecule has 2 unspecified atom stereocenters. The van der Waals surface area contributed by atoms with Crippen LogP contribution in [0.5, 0.6) is 0 Å². The van der Waals surface area contributed by atoms with Gasteiger partial charge in [-0.2, -0.15) is 8.75 Å². The number of rotatable bonds is 3. The topological polar surface area (TPSA) is 66.3 Å². The minimum Gasteiger partial charge on any atom is -0.478 e. The van der Waals surface area contributed by atoms with Crippen LogP contribution in [0.2, 0.25) is 0 Å². The number of carboxylic acid groups (broad SMARTS) is 1. The molecule has 0 spiro atoms. The van der Waals surface area contributed by atoms with E-state index in [-0.39, 0.29) is 5.56 Å². The number of carboxylic acids is 1. The zero-order chi connectivity index (χ0) is 26.5. The minimum atomic E-state index is -0.946. The van der Waals surface area contributed by atoms with E-state index in [1.165, 1.54) is 53.5 Å². The second-order valence-electron chi connectivity index (χ2n) is 10.3. The normalized spacial score (nSPS) is 17.5. The molecule has 2 heterocycles. The molecule has 0 bridgehead atoms. The molecular weight excluding hydrogens is 502 g/mol. The summed E-state index contributed by atoms with van der Waals surface area (Å²) in [6.45, 7) is 2.13. The van der Waals surface area contributed by atoms with Gasteiger partial charge in [-0.25, -0.2) is 4.79 Å². The van der Waals surface area contributed by atoms with Crippen molar-refractivity contribution in [2.75, 3.05) is 4.90 Å². The van der Waals surface area contributed by atoms with Crippen molar-refractivity contribution in [3.8, 4) is 23.0 Å². The highest BCUT2D eigenvalue weighted by Crippen LogP contribution is 2.53. The highest BCUT2D eigenvalue weighted by atomic mass is 32.1. The number of aromatic carboxylic acids is 1. The van der Waals surface area contributed by atoms with Crippen LogP contribution >= 0.6 is 11.7 Å². The number of hydrogen-bond donors (Lipinski definition) is 1. The lowest BCUT2D eigenvalue weighted by molar-refractivity contribution is 0.0697. The van der Waals surface area contributed by atoms with Gasteiger partial charge in [-0.15, -0.1) is 0 Å². The van der Waals surface area contributed by atoms with Gasteiger partial charge in [0.1, 0.15) is 11.0 Å². The smallest absolute Gasteiger partial charge is 0.335 e. The maximum atomic E-state index is 11.1. The number of aryl methyl sites for hydroxylation is 1. The van der Waals surface area contributed by atoms with Crippen molar-refractivity contribution < 1.29 is 9.90 Å². The van der Waals surface area contributed by atoms with Crippen LogP contribution in [0.25, 0.3) is 22.2 Å². The van der Waals surface area contributed by atoms with E-state index in [0.29, 0.717) is 12.0 Å². The summed E-state index contributed by atoms with van der Waals surface area (Å²) in [6.07, 6.45) is 3.70. The molecule has 2 aliphatic rings. The Kier molecular flexibility index (Phi) is 5.68. The molecule has 1 aromatic heterocycles. The number of benzene rings is 4. The first-order valence-electron chi connectivity index (χ1n) is 13.2. The van der Waals surface area contributed by atoms with Gasteiger partial charge in [0.2, 0.25) is 0 Å². The second kappa shape index (κ2) is 9.37. The maximum absolute atomic E-state index is 11.1. The molecular formula is C33H25N3O2S. The molecule has 6 heteroatoms. The Balaban J connectivity index is 1.25. The number of anilines is 2. The summed E-state index contributed by atoms with van der Waals surface area (Å²) >= 11 is 1.20. The average molecular weight is 528 g/mol. The zero-order valence-corrected chi connectivity index (χ0v) is 22.2. The summed E-state index contributed by atoms with van der Waals surface area (Å²) < 4.78 is 9.24. The van der Waals surface area contributed by atoms with Crippen LogP contribution in [0.3, 0.4) is 0 Å². The van der Waals surface area contributed by atoms with Crippen LogP contribution in [0.4, 0.5) is 11.4 Å². The molecule has 1 aliphatic carbocycles. The zero-order valence-electron chi connectivity index (χ0n) is 21.4. The van der Waals surface area contributed by atoms with Gasteiger partial charge in [0.25, 0.3) is 0 Å². The van der Waals surface area contributed by atoms with Crippen LogP contribution in [0.15, 0.2) is 78.9 Å². The Morgan fingerprint density at radius 1 is 0.923 bits per heavy atom. The number of carbonyl (C=O) groups is 1. The van der Waals surface area contributed by atoms with Crippen molar-refractivity contribution in [1.29, 1.82) is 0 Å². The van der Waals surface area contributed by atoms with E-state index in [1.54, 1.807) is 24.3 Å². The monoisotopic (exact) mass is 527 g/mol. The van der Waals surface area contributed by atoms with Crippen LogP contribution in [-0.2, 0) is 0 Å². The van der Waals surface area contributed by atoms with Crippen LogP contribution in [-0.4, -0.2) is 25.9 Å². The predicted octanol–water partition coefficient (Wildman–Crippen LogP) is 7.55.